The first-order valence-electron chi connectivity index (χ1n) is 9.05. The van der Waals surface area contributed by atoms with Gasteiger partial charge in [0.15, 0.2) is 0 Å². The van der Waals surface area contributed by atoms with Crippen molar-refractivity contribution >= 4 is 34.8 Å². The normalized spacial score (nSPS) is 10.7. The molecule has 2 heterocycles. The molecule has 0 bridgehead atoms. The lowest BCUT2D eigenvalue weighted by molar-refractivity contribution is 0.102. The zero-order valence-corrected chi connectivity index (χ0v) is 17.1. The average Bonchev–Trinajstić information content (AvgIpc) is 3.21. The van der Waals surface area contributed by atoms with Gasteiger partial charge in [0.2, 0.25) is 0 Å². The fraction of sp³-hybridized carbons (Fsp3) is 0.0455. The number of anilines is 1. The zero-order valence-electron chi connectivity index (χ0n) is 15.6. The molecule has 0 radical (unpaired) electrons. The van der Waals surface area contributed by atoms with Gasteiger partial charge in [-0.1, -0.05) is 41.4 Å². The lowest BCUT2D eigenvalue weighted by atomic mass is 10.2. The van der Waals surface area contributed by atoms with Gasteiger partial charge >= 0.3 is 0 Å². The van der Waals surface area contributed by atoms with Crippen molar-refractivity contribution in [1.82, 2.24) is 14.3 Å². The largest absolute Gasteiger partial charge is 0.322 e. The van der Waals surface area contributed by atoms with Crippen LogP contribution >= 0.6 is 23.2 Å². The summed E-state index contributed by atoms with van der Waals surface area (Å²) in [7, 11) is 0. The molecule has 0 aliphatic carbocycles. The minimum absolute atomic E-state index is 0.0623. The molecular weight excluding hydrogens is 423 g/mol. The van der Waals surface area contributed by atoms with Crippen LogP contribution in [0.1, 0.15) is 15.9 Å². The molecule has 0 aliphatic heterocycles. The standard InChI is InChI=1S/C22H16Cl2N4O2/c23-17-6-9-20(19(24)11-17)28-14-16(12-25-28)22(30)26-18-7-4-15(5-8-18)13-27-10-2-1-3-21(27)29/h1-12,14H,13H2,(H,26,30). The Bertz CT molecular complexity index is 1260. The number of pyridine rings is 1. The smallest absolute Gasteiger partial charge is 0.258 e. The lowest BCUT2D eigenvalue weighted by Crippen LogP contribution is -2.18. The molecule has 8 heteroatoms. The summed E-state index contributed by atoms with van der Waals surface area (Å²) in [5.41, 5.74) is 2.54. The van der Waals surface area contributed by atoms with Crippen LogP contribution < -0.4 is 10.9 Å². The van der Waals surface area contributed by atoms with E-state index in [1.54, 1.807) is 53.4 Å². The topological polar surface area (TPSA) is 68.9 Å². The molecule has 4 rings (SSSR count). The number of aromatic nitrogens is 3. The SMILES string of the molecule is O=C(Nc1ccc(Cn2ccccc2=O)cc1)c1cnn(-c2ccc(Cl)cc2Cl)c1. The predicted molar refractivity (Wildman–Crippen MR) is 118 cm³/mol. The molecule has 150 valence electrons. The minimum Gasteiger partial charge on any atom is -0.322 e. The quantitative estimate of drug-likeness (QED) is 0.493. The maximum atomic E-state index is 12.6. The van der Waals surface area contributed by atoms with Gasteiger partial charge in [0.05, 0.1) is 29.0 Å². The average molecular weight is 439 g/mol. The number of rotatable bonds is 5. The predicted octanol–water partition coefficient (Wildman–Crippen LogP) is 4.64. The molecule has 0 saturated carbocycles. The molecule has 0 aliphatic rings. The summed E-state index contributed by atoms with van der Waals surface area (Å²) in [6.07, 6.45) is 4.81. The third-order valence-corrected chi connectivity index (χ3v) is 5.00. The van der Waals surface area contributed by atoms with E-state index in [0.717, 1.165) is 5.56 Å². The highest BCUT2D eigenvalue weighted by atomic mass is 35.5. The van der Waals surface area contributed by atoms with Crippen LogP contribution in [-0.4, -0.2) is 20.3 Å². The minimum atomic E-state index is -0.293. The maximum Gasteiger partial charge on any atom is 0.258 e. The zero-order chi connectivity index (χ0) is 21.1. The number of amides is 1. The van der Waals surface area contributed by atoms with E-state index in [0.29, 0.717) is 33.5 Å². The molecule has 4 aromatic rings. The van der Waals surface area contributed by atoms with Crippen molar-refractivity contribution in [2.24, 2.45) is 0 Å². The Morgan fingerprint density at radius 3 is 2.57 bits per heavy atom. The summed E-state index contributed by atoms with van der Waals surface area (Å²) in [6, 6.07) is 17.4. The lowest BCUT2D eigenvalue weighted by Gasteiger charge is -2.07. The summed E-state index contributed by atoms with van der Waals surface area (Å²) < 4.78 is 3.14. The monoisotopic (exact) mass is 438 g/mol. The highest BCUT2D eigenvalue weighted by molar-refractivity contribution is 6.35. The van der Waals surface area contributed by atoms with E-state index in [-0.39, 0.29) is 11.5 Å². The highest BCUT2D eigenvalue weighted by Gasteiger charge is 2.12. The van der Waals surface area contributed by atoms with Crippen LogP contribution in [0.3, 0.4) is 0 Å². The van der Waals surface area contributed by atoms with E-state index in [9.17, 15) is 9.59 Å². The van der Waals surface area contributed by atoms with E-state index in [4.69, 9.17) is 23.2 Å². The number of hydrogen-bond donors (Lipinski definition) is 1. The molecule has 30 heavy (non-hydrogen) atoms. The second-order valence-electron chi connectivity index (χ2n) is 6.59. The first-order chi connectivity index (χ1) is 14.5. The third-order valence-electron chi connectivity index (χ3n) is 4.47. The number of hydrogen-bond acceptors (Lipinski definition) is 3. The number of carbonyl (C=O) groups is 1. The van der Waals surface area contributed by atoms with Crippen molar-refractivity contribution in [3.05, 3.63) is 111 Å². The second-order valence-corrected chi connectivity index (χ2v) is 7.43. The third kappa shape index (κ3) is 4.45. The summed E-state index contributed by atoms with van der Waals surface area (Å²) in [6.45, 7) is 0.461. The van der Waals surface area contributed by atoms with Gasteiger partial charge in [-0.05, 0) is 42.0 Å². The molecule has 6 nitrogen and oxygen atoms in total. The van der Waals surface area contributed by atoms with Gasteiger partial charge in [-0.3, -0.25) is 9.59 Å². The molecule has 0 atom stereocenters. The molecule has 1 N–H and O–H groups in total. The summed E-state index contributed by atoms with van der Waals surface area (Å²) in [4.78, 5) is 24.4. The van der Waals surface area contributed by atoms with Crippen LogP contribution in [0.25, 0.3) is 5.69 Å². The van der Waals surface area contributed by atoms with E-state index >= 15 is 0 Å². The molecule has 1 amide bonds. The van der Waals surface area contributed by atoms with Crippen LogP contribution in [-0.2, 0) is 6.54 Å². The van der Waals surface area contributed by atoms with Gasteiger partial charge in [-0.15, -0.1) is 0 Å². The van der Waals surface area contributed by atoms with Crippen LogP contribution in [0.2, 0.25) is 10.0 Å². The highest BCUT2D eigenvalue weighted by Crippen LogP contribution is 2.24. The van der Waals surface area contributed by atoms with E-state index in [2.05, 4.69) is 10.4 Å². The van der Waals surface area contributed by atoms with Crippen LogP contribution in [0.4, 0.5) is 5.69 Å². The van der Waals surface area contributed by atoms with Gasteiger partial charge in [-0.2, -0.15) is 5.10 Å². The molecule has 0 saturated heterocycles. The van der Waals surface area contributed by atoms with Crippen LogP contribution in [0, 0.1) is 0 Å². The van der Waals surface area contributed by atoms with Gasteiger partial charge in [-0.25, -0.2) is 4.68 Å². The number of benzene rings is 2. The molecular formula is C22H16Cl2N4O2. The molecule has 0 fully saturated rings. The van der Waals surface area contributed by atoms with Crippen LogP contribution in [0.5, 0.6) is 0 Å². The maximum absolute atomic E-state index is 12.6. The summed E-state index contributed by atoms with van der Waals surface area (Å²) in [5, 5.41) is 8.00. The Labute approximate surface area is 182 Å². The fourth-order valence-electron chi connectivity index (χ4n) is 2.92. The van der Waals surface area contributed by atoms with Gasteiger partial charge in [0, 0.05) is 29.2 Å². The van der Waals surface area contributed by atoms with Gasteiger partial charge < -0.3 is 9.88 Å². The first kappa shape index (κ1) is 19.9. The number of carbonyl (C=O) groups excluding carboxylic acids is 1. The Balaban J connectivity index is 1.45. The van der Waals surface area contributed by atoms with Crippen LogP contribution in [0.15, 0.2) is 84.0 Å². The van der Waals surface area contributed by atoms with E-state index in [1.165, 1.54) is 16.9 Å². The molecule has 2 aromatic carbocycles. The second kappa shape index (κ2) is 8.57. The number of halogens is 2. The Kier molecular flexibility index (Phi) is 5.70. The van der Waals surface area contributed by atoms with E-state index < -0.39 is 0 Å². The molecule has 0 spiro atoms. The Morgan fingerprint density at radius 2 is 1.83 bits per heavy atom. The summed E-state index contributed by atoms with van der Waals surface area (Å²) >= 11 is 12.1. The Hall–Kier alpha value is -3.35. The Morgan fingerprint density at radius 1 is 1.03 bits per heavy atom. The van der Waals surface area contributed by atoms with Crippen molar-refractivity contribution in [2.45, 2.75) is 6.54 Å². The first-order valence-corrected chi connectivity index (χ1v) is 9.81. The number of nitrogens with one attached hydrogen (secondary N) is 1. The number of nitrogens with zero attached hydrogens (tertiary/aromatic N) is 3. The molecule has 0 unspecified atom stereocenters. The van der Waals surface area contributed by atoms with Crippen molar-refractivity contribution < 1.29 is 4.79 Å². The van der Waals surface area contributed by atoms with Crippen molar-refractivity contribution in [3.63, 3.8) is 0 Å². The van der Waals surface area contributed by atoms with Crippen molar-refractivity contribution in [2.75, 3.05) is 5.32 Å². The van der Waals surface area contributed by atoms with Crippen molar-refractivity contribution in [1.29, 1.82) is 0 Å². The van der Waals surface area contributed by atoms with Gasteiger partial charge in [0.1, 0.15) is 0 Å². The fourth-order valence-corrected chi connectivity index (χ4v) is 3.42. The molecule has 2 aromatic heterocycles. The summed E-state index contributed by atoms with van der Waals surface area (Å²) in [5.74, 6) is -0.293. The van der Waals surface area contributed by atoms with Gasteiger partial charge in [0.25, 0.3) is 11.5 Å². The van der Waals surface area contributed by atoms with E-state index in [1.807, 2.05) is 18.2 Å². The van der Waals surface area contributed by atoms with Crippen molar-refractivity contribution in [3.8, 4) is 5.69 Å².